The molecule has 1 saturated carbocycles. The summed E-state index contributed by atoms with van der Waals surface area (Å²) in [5.74, 6) is 0.171. The van der Waals surface area contributed by atoms with Crippen LogP contribution in [0, 0.1) is 0 Å². The van der Waals surface area contributed by atoms with E-state index in [2.05, 4.69) is 30.9 Å². The number of aromatic nitrogens is 4. The standard InChI is InChI=1S/C28H35N7O4/c36-14-4-2-1-3-5-25(27(38)39)32-20-6-8-22(9-7-20)34-28-31-17-24(19-15-29-18-30-16-19)26(35-28)33-21-10-12-23(37)13-11-21/h6-9,14-18,21,23,25,32,37H,1-5,10-13H2,(H,38,39)(H2,31,33,34,35)/t21-,23-,25?. The summed E-state index contributed by atoms with van der Waals surface area (Å²) in [5.41, 5.74) is 3.04. The minimum atomic E-state index is -0.905. The Morgan fingerprint density at radius 2 is 1.72 bits per heavy atom. The van der Waals surface area contributed by atoms with Crippen LogP contribution in [0.2, 0.25) is 0 Å². The molecule has 1 aliphatic rings. The number of aliphatic hydroxyl groups excluding tert-OH is 1. The molecule has 1 aromatic carbocycles. The number of aliphatic carboxylic acids is 1. The number of benzene rings is 1. The van der Waals surface area contributed by atoms with Crippen molar-refractivity contribution in [1.29, 1.82) is 0 Å². The summed E-state index contributed by atoms with van der Waals surface area (Å²) in [6.45, 7) is 0. The van der Waals surface area contributed by atoms with Crippen LogP contribution in [0.15, 0.2) is 49.2 Å². The van der Waals surface area contributed by atoms with Crippen LogP contribution in [0.1, 0.15) is 57.8 Å². The van der Waals surface area contributed by atoms with Crippen molar-refractivity contribution in [2.75, 3.05) is 16.0 Å². The van der Waals surface area contributed by atoms with Gasteiger partial charge in [-0.05, 0) is 62.8 Å². The fraction of sp³-hybridized carbons (Fsp3) is 0.429. The second-order valence-corrected chi connectivity index (χ2v) is 9.78. The molecule has 11 nitrogen and oxygen atoms in total. The first-order valence-electron chi connectivity index (χ1n) is 13.4. The van der Waals surface area contributed by atoms with Gasteiger partial charge < -0.3 is 31.0 Å². The Bertz CT molecular complexity index is 1200. The molecule has 5 N–H and O–H groups in total. The van der Waals surface area contributed by atoms with Gasteiger partial charge in [-0.1, -0.05) is 12.8 Å². The number of hydrogen-bond donors (Lipinski definition) is 5. The molecular weight excluding hydrogens is 498 g/mol. The van der Waals surface area contributed by atoms with Gasteiger partial charge in [0.05, 0.1) is 6.10 Å². The lowest BCUT2D eigenvalue weighted by Gasteiger charge is -2.27. The first kappa shape index (κ1) is 27.9. The maximum atomic E-state index is 11.7. The number of carbonyl (C=O) groups is 2. The molecule has 0 amide bonds. The van der Waals surface area contributed by atoms with Crippen molar-refractivity contribution in [1.82, 2.24) is 19.9 Å². The molecule has 4 rings (SSSR count). The van der Waals surface area contributed by atoms with Crippen molar-refractivity contribution < 1.29 is 19.8 Å². The first-order chi connectivity index (χ1) is 19.0. The number of unbranched alkanes of at least 4 members (excludes halogenated alkanes) is 3. The fourth-order valence-electron chi connectivity index (χ4n) is 4.61. The number of nitrogens with one attached hydrogen (secondary N) is 3. The molecule has 2 heterocycles. The smallest absolute Gasteiger partial charge is 0.326 e. The van der Waals surface area contributed by atoms with E-state index < -0.39 is 12.0 Å². The topological polar surface area (TPSA) is 162 Å². The maximum Gasteiger partial charge on any atom is 0.326 e. The second-order valence-electron chi connectivity index (χ2n) is 9.78. The zero-order valence-corrected chi connectivity index (χ0v) is 21.8. The summed E-state index contributed by atoms with van der Waals surface area (Å²) in [6, 6.07) is 6.79. The van der Waals surface area contributed by atoms with E-state index in [9.17, 15) is 19.8 Å². The monoisotopic (exact) mass is 533 g/mol. The van der Waals surface area contributed by atoms with Crippen molar-refractivity contribution in [2.24, 2.45) is 0 Å². The van der Waals surface area contributed by atoms with E-state index in [-0.39, 0.29) is 12.1 Å². The van der Waals surface area contributed by atoms with Gasteiger partial charge >= 0.3 is 5.97 Å². The molecule has 0 spiro atoms. The minimum Gasteiger partial charge on any atom is -0.480 e. The van der Waals surface area contributed by atoms with Crippen LogP contribution in [-0.4, -0.2) is 60.6 Å². The number of nitrogens with zero attached hydrogens (tertiary/aromatic N) is 4. The van der Waals surface area contributed by atoms with E-state index in [1.54, 1.807) is 18.6 Å². The Kier molecular flexibility index (Phi) is 10.1. The van der Waals surface area contributed by atoms with E-state index in [4.69, 9.17) is 4.98 Å². The van der Waals surface area contributed by atoms with Crippen LogP contribution in [-0.2, 0) is 9.59 Å². The zero-order chi connectivity index (χ0) is 27.5. The number of carbonyl (C=O) groups excluding carboxylic acids is 1. The predicted octanol–water partition coefficient (Wildman–Crippen LogP) is 4.41. The van der Waals surface area contributed by atoms with Gasteiger partial charge in [0, 0.05) is 53.6 Å². The molecule has 3 aromatic rings. The number of aldehydes is 1. The van der Waals surface area contributed by atoms with Crippen LogP contribution >= 0.6 is 0 Å². The van der Waals surface area contributed by atoms with Gasteiger partial charge in [-0.3, -0.25) is 0 Å². The van der Waals surface area contributed by atoms with Gasteiger partial charge in [0.15, 0.2) is 0 Å². The predicted molar refractivity (Wildman–Crippen MR) is 149 cm³/mol. The van der Waals surface area contributed by atoms with Crippen molar-refractivity contribution in [2.45, 2.75) is 76.0 Å². The first-order valence-corrected chi connectivity index (χ1v) is 13.4. The second kappa shape index (κ2) is 14.1. The number of aliphatic hydroxyl groups is 1. The van der Waals surface area contributed by atoms with Gasteiger partial charge in [-0.25, -0.2) is 19.7 Å². The molecule has 1 unspecified atom stereocenters. The molecule has 1 fully saturated rings. The third kappa shape index (κ3) is 8.44. The van der Waals surface area contributed by atoms with Gasteiger partial charge in [0.2, 0.25) is 5.95 Å². The van der Waals surface area contributed by atoms with Crippen LogP contribution in [0.4, 0.5) is 23.1 Å². The van der Waals surface area contributed by atoms with E-state index in [1.807, 2.05) is 24.3 Å². The maximum absolute atomic E-state index is 11.7. The molecule has 1 atom stereocenters. The number of carboxylic acid groups (broad SMARTS) is 1. The molecule has 39 heavy (non-hydrogen) atoms. The molecule has 11 heteroatoms. The highest BCUT2D eigenvalue weighted by atomic mass is 16.4. The van der Waals surface area contributed by atoms with Gasteiger partial charge in [-0.2, -0.15) is 4.98 Å². The summed E-state index contributed by atoms with van der Waals surface area (Å²) < 4.78 is 0. The fourth-order valence-corrected chi connectivity index (χ4v) is 4.61. The number of carboxylic acids is 1. The number of anilines is 4. The van der Waals surface area contributed by atoms with Crippen molar-refractivity contribution in [3.05, 3.63) is 49.2 Å². The molecule has 0 bridgehead atoms. The van der Waals surface area contributed by atoms with Crippen LogP contribution in [0.5, 0.6) is 0 Å². The van der Waals surface area contributed by atoms with Gasteiger partial charge in [0.1, 0.15) is 24.5 Å². The Morgan fingerprint density at radius 3 is 2.41 bits per heavy atom. The van der Waals surface area contributed by atoms with Crippen LogP contribution < -0.4 is 16.0 Å². The van der Waals surface area contributed by atoms with Crippen molar-refractivity contribution in [3.8, 4) is 11.1 Å². The van der Waals surface area contributed by atoms with Gasteiger partial charge in [-0.15, -0.1) is 0 Å². The molecular formula is C28H35N7O4. The summed E-state index contributed by atoms with van der Waals surface area (Å²) in [7, 11) is 0. The van der Waals surface area contributed by atoms with Crippen molar-refractivity contribution in [3.63, 3.8) is 0 Å². The summed E-state index contributed by atoms with van der Waals surface area (Å²) >= 11 is 0. The molecule has 0 aliphatic heterocycles. The normalized spacial score (nSPS) is 17.7. The SMILES string of the molecule is O=CCCCCCC(Nc1ccc(Nc2ncc(-c3cncnc3)c(N[C@H]3CC[C@H](O)CC3)n2)cc1)C(=O)O. The third-order valence-corrected chi connectivity index (χ3v) is 6.79. The summed E-state index contributed by atoms with van der Waals surface area (Å²) in [5, 5.41) is 29.3. The van der Waals surface area contributed by atoms with Crippen molar-refractivity contribution >= 4 is 35.4 Å². The lowest BCUT2D eigenvalue weighted by Crippen LogP contribution is -2.29. The molecule has 0 radical (unpaired) electrons. The molecule has 206 valence electrons. The summed E-state index contributed by atoms with van der Waals surface area (Å²) in [6.07, 6.45) is 13.8. The summed E-state index contributed by atoms with van der Waals surface area (Å²) in [4.78, 5) is 39.6. The third-order valence-electron chi connectivity index (χ3n) is 6.79. The quantitative estimate of drug-likeness (QED) is 0.147. The molecule has 0 saturated heterocycles. The van der Waals surface area contributed by atoms with Crippen LogP contribution in [0.3, 0.4) is 0 Å². The van der Waals surface area contributed by atoms with E-state index in [0.717, 1.165) is 68.0 Å². The average Bonchev–Trinajstić information content (AvgIpc) is 2.95. The Morgan fingerprint density at radius 1 is 1.00 bits per heavy atom. The number of hydrogen-bond acceptors (Lipinski definition) is 10. The Labute approximate surface area is 227 Å². The average molecular weight is 534 g/mol. The van der Waals surface area contributed by atoms with Crippen LogP contribution in [0.25, 0.3) is 11.1 Å². The largest absolute Gasteiger partial charge is 0.480 e. The lowest BCUT2D eigenvalue weighted by atomic mass is 9.93. The highest BCUT2D eigenvalue weighted by molar-refractivity contribution is 5.78. The molecule has 2 aromatic heterocycles. The molecule has 1 aliphatic carbocycles. The van der Waals surface area contributed by atoms with E-state index in [1.165, 1.54) is 6.33 Å². The van der Waals surface area contributed by atoms with E-state index in [0.29, 0.717) is 30.3 Å². The minimum absolute atomic E-state index is 0.192. The highest BCUT2D eigenvalue weighted by Gasteiger charge is 2.21. The lowest BCUT2D eigenvalue weighted by molar-refractivity contribution is -0.138. The zero-order valence-electron chi connectivity index (χ0n) is 21.8. The van der Waals surface area contributed by atoms with Gasteiger partial charge in [0.25, 0.3) is 0 Å². The Hall–Kier alpha value is -4.12. The number of rotatable bonds is 14. The Balaban J connectivity index is 1.42. The highest BCUT2D eigenvalue weighted by Crippen LogP contribution is 2.30. The van der Waals surface area contributed by atoms with E-state index >= 15 is 0 Å².